The minimum Gasteiger partial charge on any atom is -0.452 e. The first kappa shape index (κ1) is 20.8. The third-order valence-corrected chi connectivity index (χ3v) is 4.26. The molecule has 2 amide bonds. The lowest BCUT2D eigenvalue weighted by molar-refractivity contribution is -0.150. The molecule has 0 aliphatic heterocycles. The topological polar surface area (TPSA) is 111 Å². The predicted molar refractivity (Wildman–Crippen MR) is 103 cm³/mol. The lowest BCUT2D eigenvalue weighted by Crippen LogP contribution is -2.30. The number of rotatable bonds is 8. The average Bonchev–Trinajstić information content (AvgIpc) is 2.99. The number of nitrogens with zero attached hydrogens (tertiary/aromatic N) is 1. The third kappa shape index (κ3) is 7.32. The van der Waals surface area contributed by atoms with Crippen molar-refractivity contribution in [1.29, 1.82) is 0 Å². The molecule has 1 atom stereocenters. The van der Waals surface area contributed by atoms with Crippen molar-refractivity contribution in [2.45, 2.75) is 20.0 Å². The Morgan fingerprint density at radius 1 is 1.26 bits per heavy atom. The fraction of sp³-hybridized carbons (Fsp3) is 0.294. The number of amides is 2. The Morgan fingerprint density at radius 3 is 2.70 bits per heavy atom. The SMILES string of the molecule is Cc1cc(NC(=O)CSCC(=O)O[C@H](C)C(=O)Nc2cccc(Cl)c2)no1. The van der Waals surface area contributed by atoms with Gasteiger partial charge in [-0.1, -0.05) is 22.8 Å². The monoisotopic (exact) mass is 411 g/mol. The molecule has 0 unspecified atom stereocenters. The summed E-state index contributed by atoms with van der Waals surface area (Å²) in [6, 6.07) is 8.20. The Kier molecular flexibility index (Phi) is 7.68. The normalized spacial score (nSPS) is 11.5. The van der Waals surface area contributed by atoms with Crippen LogP contribution in [-0.2, 0) is 19.1 Å². The molecule has 1 aromatic carbocycles. The van der Waals surface area contributed by atoms with E-state index in [2.05, 4.69) is 15.8 Å². The van der Waals surface area contributed by atoms with Gasteiger partial charge in [-0.05, 0) is 32.0 Å². The van der Waals surface area contributed by atoms with Crippen molar-refractivity contribution < 1.29 is 23.6 Å². The lowest BCUT2D eigenvalue weighted by Gasteiger charge is -2.13. The summed E-state index contributed by atoms with van der Waals surface area (Å²) >= 11 is 6.91. The first-order chi connectivity index (χ1) is 12.8. The molecule has 144 valence electrons. The van der Waals surface area contributed by atoms with Crippen LogP contribution in [0.3, 0.4) is 0 Å². The first-order valence-corrected chi connectivity index (χ1v) is 9.43. The number of ether oxygens (including phenoxy) is 1. The summed E-state index contributed by atoms with van der Waals surface area (Å²) in [6.45, 7) is 3.17. The molecule has 8 nitrogen and oxygen atoms in total. The number of hydrogen-bond acceptors (Lipinski definition) is 7. The number of carbonyl (C=O) groups excluding carboxylic acids is 3. The molecule has 0 saturated heterocycles. The molecule has 27 heavy (non-hydrogen) atoms. The molecule has 0 aliphatic rings. The van der Waals surface area contributed by atoms with Crippen LogP contribution in [-0.4, -0.2) is 40.6 Å². The average molecular weight is 412 g/mol. The highest BCUT2D eigenvalue weighted by atomic mass is 35.5. The van der Waals surface area contributed by atoms with Gasteiger partial charge in [-0.25, -0.2) is 0 Å². The number of aryl methyl sites for hydroxylation is 1. The number of esters is 1. The molecular formula is C17H18ClN3O5S. The van der Waals surface area contributed by atoms with E-state index in [9.17, 15) is 14.4 Å². The number of carbonyl (C=O) groups is 3. The zero-order valence-corrected chi connectivity index (χ0v) is 16.2. The molecule has 2 aromatic rings. The molecule has 0 fully saturated rings. The highest BCUT2D eigenvalue weighted by Gasteiger charge is 2.18. The maximum atomic E-state index is 12.0. The summed E-state index contributed by atoms with van der Waals surface area (Å²) < 4.78 is 9.89. The zero-order chi connectivity index (χ0) is 19.8. The van der Waals surface area contributed by atoms with Crippen LogP contribution in [0.4, 0.5) is 11.5 Å². The summed E-state index contributed by atoms with van der Waals surface area (Å²) in [7, 11) is 0. The fourth-order valence-corrected chi connectivity index (χ4v) is 2.71. The molecule has 1 heterocycles. The van der Waals surface area contributed by atoms with Crippen molar-refractivity contribution in [3.8, 4) is 0 Å². The van der Waals surface area contributed by atoms with Crippen LogP contribution >= 0.6 is 23.4 Å². The zero-order valence-electron chi connectivity index (χ0n) is 14.7. The van der Waals surface area contributed by atoms with Crippen molar-refractivity contribution in [1.82, 2.24) is 5.16 Å². The molecule has 0 bridgehead atoms. The molecule has 1 aromatic heterocycles. The van der Waals surface area contributed by atoms with Crippen molar-refractivity contribution in [3.05, 3.63) is 41.1 Å². The molecule has 0 radical (unpaired) electrons. The Hall–Kier alpha value is -2.52. The second-order valence-electron chi connectivity index (χ2n) is 5.50. The van der Waals surface area contributed by atoms with E-state index in [0.717, 1.165) is 11.8 Å². The van der Waals surface area contributed by atoms with Gasteiger partial charge in [0.1, 0.15) is 5.76 Å². The smallest absolute Gasteiger partial charge is 0.316 e. The summed E-state index contributed by atoms with van der Waals surface area (Å²) in [4.78, 5) is 35.6. The number of hydrogen-bond donors (Lipinski definition) is 2. The van der Waals surface area contributed by atoms with E-state index in [1.165, 1.54) is 6.92 Å². The Labute approximate surface area is 164 Å². The van der Waals surface area contributed by atoms with E-state index < -0.39 is 18.0 Å². The van der Waals surface area contributed by atoms with Gasteiger partial charge in [-0.3, -0.25) is 14.4 Å². The number of benzene rings is 1. The number of thioether (sulfide) groups is 1. The van der Waals surface area contributed by atoms with Crippen molar-refractivity contribution in [3.63, 3.8) is 0 Å². The van der Waals surface area contributed by atoms with Crippen LogP contribution < -0.4 is 10.6 Å². The standard InChI is InChI=1S/C17H18ClN3O5S/c1-10-6-14(21-26-10)20-15(22)8-27-9-16(23)25-11(2)17(24)19-13-5-3-4-12(18)7-13/h3-7,11H,8-9H2,1-2H3,(H,19,24)(H,20,21,22)/t11-/m1/s1. The fourth-order valence-electron chi connectivity index (χ4n) is 1.93. The maximum Gasteiger partial charge on any atom is 0.316 e. The highest BCUT2D eigenvalue weighted by Crippen LogP contribution is 2.15. The molecule has 2 N–H and O–H groups in total. The quantitative estimate of drug-likeness (QED) is 0.642. The highest BCUT2D eigenvalue weighted by molar-refractivity contribution is 8.00. The maximum absolute atomic E-state index is 12.0. The number of halogens is 1. The van der Waals surface area contributed by atoms with Crippen molar-refractivity contribution >= 4 is 52.7 Å². The molecular weight excluding hydrogens is 394 g/mol. The second kappa shape index (κ2) is 9.98. The van der Waals surface area contributed by atoms with E-state index in [1.54, 1.807) is 37.3 Å². The van der Waals surface area contributed by atoms with Crippen LogP contribution in [0.25, 0.3) is 0 Å². The van der Waals surface area contributed by atoms with Crippen LogP contribution in [0.1, 0.15) is 12.7 Å². The third-order valence-electron chi connectivity index (χ3n) is 3.12. The Morgan fingerprint density at radius 2 is 2.04 bits per heavy atom. The summed E-state index contributed by atoms with van der Waals surface area (Å²) in [5.74, 6) is -0.551. The van der Waals surface area contributed by atoms with E-state index in [1.807, 2.05) is 0 Å². The van der Waals surface area contributed by atoms with Crippen LogP contribution in [0.2, 0.25) is 5.02 Å². The van der Waals surface area contributed by atoms with E-state index >= 15 is 0 Å². The van der Waals surface area contributed by atoms with Crippen LogP contribution in [0, 0.1) is 6.92 Å². The first-order valence-electron chi connectivity index (χ1n) is 7.90. The van der Waals surface area contributed by atoms with Crippen LogP contribution in [0.15, 0.2) is 34.9 Å². The van der Waals surface area contributed by atoms with Gasteiger partial charge >= 0.3 is 5.97 Å². The molecule has 10 heteroatoms. The molecule has 2 rings (SSSR count). The van der Waals surface area contributed by atoms with Crippen molar-refractivity contribution in [2.75, 3.05) is 22.1 Å². The summed E-state index contributed by atoms with van der Waals surface area (Å²) in [5, 5.41) is 9.26. The minimum atomic E-state index is -0.982. The second-order valence-corrected chi connectivity index (χ2v) is 6.92. The van der Waals surface area contributed by atoms with E-state index in [4.69, 9.17) is 20.9 Å². The van der Waals surface area contributed by atoms with E-state index in [-0.39, 0.29) is 17.4 Å². The number of anilines is 2. The van der Waals surface area contributed by atoms with Crippen molar-refractivity contribution in [2.24, 2.45) is 0 Å². The summed E-state index contributed by atoms with van der Waals surface area (Å²) in [6.07, 6.45) is -0.982. The minimum absolute atomic E-state index is 0.0318. The number of aromatic nitrogens is 1. The van der Waals surface area contributed by atoms with Gasteiger partial charge in [-0.2, -0.15) is 0 Å². The van der Waals surface area contributed by atoms with Gasteiger partial charge in [0.25, 0.3) is 5.91 Å². The van der Waals surface area contributed by atoms with Gasteiger partial charge in [-0.15, -0.1) is 11.8 Å². The van der Waals surface area contributed by atoms with Gasteiger partial charge in [0.2, 0.25) is 5.91 Å². The molecule has 0 aliphatic carbocycles. The predicted octanol–water partition coefficient (Wildman–Crippen LogP) is 2.88. The lowest BCUT2D eigenvalue weighted by atomic mass is 10.3. The van der Waals surface area contributed by atoms with Gasteiger partial charge in [0.15, 0.2) is 11.9 Å². The van der Waals surface area contributed by atoms with Gasteiger partial charge in [0.05, 0.1) is 11.5 Å². The largest absolute Gasteiger partial charge is 0.452 e. The number of nitrogens with one attached hydrogen (secondary N) is 2. The summed E-state index contributed by atoms with van der Waals surface area (Å²) in [5.41, 5.74) is 0.504. The van der Waals surface area contributed by atoms with Gasteiger partial charge < -0.3 is 19.9 Å². The molecule has 0 spiro atoms. The van der Waals surface area contributed by atoms with E-state index in [0.29, 0.717) is 22.3 Å². The Bertz CT molecular complexity index is 826. The molecule has 0 saturated carbocycles. The Balaban J connectivity index is 1.68. The van der Waals surface area contributed by atoms with Crippen LogP contribution in [0.5, 0.6) is 0 Å². The van der Waals surface area contributed by atoms with Gasteiger partial charge in [0, 0.05) is 16.8 Å².